The second kappa shape index (κ2) is 18.4. The van der Waals surface area contributed by atoms with Crippen molar-refractivity contribution >= 4 is 59.1 Å². The molecule has 0 aromatic heterocycles. The van der Waals surface area contributed by atoms with Crippen molar-refractivity contribution in [1.29, 1.82) is 0 Å². The van der Waals surface area contributed by atoms with Gasteiger partial charge in [-0.1, -0.05) is 243 Å². The van der Waals surface area contributed by atoms with Gasteiger partial charge in [0.15, 0.2) is 0 Å². The highest BCUT2D eigenvalue weighted by atomic mass is 28.4. The molecular weight excluding hydrogens is 741 g/mol. The minimum Gasteiger partial charge on any atom is -0.305 e. The van der Waals surface area contributed by atoms with Gasteiger partial charge in [0.1, 0.15) is 0 Å². The molecule has 8 aromatic carbocycles. The number of rotatable bonds is 15. The summed E-state index contributed by atoms with van der Waals surface area (Å²) >= 11 is 0. The summed E-state index contributed by atoms with van der Waals surface area (Å²) in [7, 11) is -6.20. The molecule has 0 aliphatic heterocycles. The highest BCUT2D eigenvalue weighted by Gasteiger charge is 2.44. The van der Waals surface area contributed by atoms with Crippen LogP contribution in [0.2, 0.25) is 0 Å². The molecule has 0 atom stereocenters. The molecule has 0 aliphatic carbocycles. The Bertz CT molecular complexity index is 2150. The van der Waals surface area contributed by atoms with E-state index in [9.17, 15) is 0 Å². The third kappa shape index (κ3) is 8.18. The van der Waals surface area contributed by atoms with E-state index in [0.29, 0.717) is 0 Å². The molecule has 0 heterocycles. The molecular formula is C52H44N2O2Si2. The molecule has 6 heteroatoms. The molecule has 58 heavy (non-hydrogen) atoms. The Morgan fingerprint density at radius 3 is 0.672 bits per heavy atom. The molecule has 8 aromatic rings. The molecule has 0 amide bonds. The normalized spacial score (nSPS) is 12.1. The Labute approximate surface area is 343 Å². The van der Waals surface area contributed by atoms with E-state index in [4.69, 9.17) is 9.05 Å². The van der Waals surface area contributed by atoms with Gasteiger partial charge in [-0.15, -0.1) is 0 Å². The number of hydroxylamine groups is 2. The van der Waals surface area contributed by atoms with Gasteiger partial charge in [0, 0.05) is 0 Å². The second-order valence-corrected chi connectivity index (χ2v) is 20.5. The van der Waals surface area contributed by atoms with Gasteiger partial charge in [-0.05, 0) is 54.4 Å². The van der Waals surface area contributed by atoms with Crippen LogP contribution < -0.4 is 42.1 Å². The minimum atomic E-state index is -3.10. The van der Waals surface area contributed by atoms with E-state index in [1.807, 2.05) is 36.4 Å². The van der Waals surface area contributed by atoms with Gasteiger partial charge in [0.05, 0.1) is 11.4 Å². The summed E-state index contributed by atoms with van der Waals surface area (Å²) in [6, 6.07) is 84.1. The lowest BCUT2D eigenvalue weighted by Gasteiger charge is -2.33. The topological polar surface area (TPSA) is 42.5 Å². The highest BCUT2D eigenvalue weighted by Crippen LogP contribution is 2.19. The van der Waals surface area contributed by atoms with Crippen LogP contribution in [-0.2, 0) is 9.05 Å². The van der Waals surface area contributed by atoms with Crippen molar-refractivity contribution in [3.05, 3.63) is 266 Å². The lowest BCUT2D eigenvalue weighted by molar-refractivity contribution is 0.255. The lowest BCUT2D eigenvalue weighted by atomic mass is 10.1. The van der Waals surface area contributed by atoms with Crippen molar-refractivity contribution in [2.75, 3.05) is 0 Å². The Hall–Kier alpha value is -6.81. The van der Waals surface area contributed by atoms with Crippen molar-refractivity contribution in [2.45, 2.75) is 0 Å². The molecule has 0 saturated carbocycles. The molecule has 0 radical (unpaired) electrons. The standard InChI is InChI=1S/C52H44N2O2Si2/c1-9-25-43(26-10-1)51(53-55-57(45-29-13-3-14-30-45,46-31-15-4-16-32-46)47-33-17-5-18-34-47)41-42-52(44-27-11-2-12-28-44)54-56-58(48-35-19-6-20-36-48,49-37-21-7-22-38-49)50-39-23-8-24-40-50/h1-42,53-54H. The second-order valence-electron chi connectivity index (χ2n) is 13.9. The molecule has 0 bridgehead atoms. The zero-order valence-electron chi connectivity index (χ0n) is 32.1. The minimum absolute atomic E-state index is 0.799. The average Bonchev–Trinajstić information content (AvgIpc) is 3.32. The predicted octanol–water partition coefficient (Wildman–Crippen LogP) is 7.45. The number of benzene rings is 8. The molecule has 0 saturated heterocycles. The Balaban J connectivity index is 1.24. The Morgan fingerprint density at radius 2 is 0.466 bits per heavy atom. The maximum Gasteiger partial charge on any atom is 0.321 e. The molecule has 0 fully saturated rings. The maximum absolute atomic E-state index is 7.28. The van der Waals surface area contributed by atoms with Gasteiger partial charge < -0.3 is 9.05 Å². The molecule has 4 nitrogen and oxygen atoms in total. The smallest absolute Gasteiger partial charge is 0.305 e. The van der Waals surface area contributed by atoms with E-state index in [-0.39, 0.29) is 0 Å². The van der Waals surface area contributed by atoms with Gasteiger partial charge in [-0.3, -0.25) is 11.0 Å². The molecule has 282 valence electrons. The molecule has 0 aliphatic rings. The summed E-state index contributed by atoms with van der Waals surface area (Å²) in [6.07, 6.45) is 4.15. The summed E-state index contributed by atoms with van der Waals surface area (Å²) in [5.74, 6) is 0. The van der Waals surface area contributed by atoms with E-state index in [1.54, 1.807) is 0 Å². The number of nitrogens with one attached hydrogen (secondary N) is 2. The van der Waals surface area contributed by atoms with Gasteiger partial charge >= 0.3 is 16.6 Å². The first kappa shape index (κ1) is 38.1. The Kier molecular flexibility index (Phi) is 12.1. The number of allylic oxidation sites excluding steroid dienone is 2. The van der Waals surface area contributed by atoms with E-state index in [2.05, 4.69) is 229 Å². The summed E-state index contributed by atoms with van der Waals surface area (Å²) in [4.78, 5) is 0. The van der Waals surface area contributed by atoms with E-state index >= 15 is 0 Å². The first-order valence-corrected chi connectivity index (χ1v) is 23.3. The van der Waals surface area contributed by atoms with Crippen LogP contribution in [0, 0.1) is 0 Å². The fraction of sp³-hybridized carbons (Fsp3) is 0. The monoisotopic (exact) mass is 784 g/mol. The van der Waals surface area contributed by atoms with Crippen LogP contribution >= 0.6 is 0 Å². The van der Waals surface area contributed by atoms with Gasteiger partial charge in [0.25, 0.3) is 0 Å². The predicted molar refractivity (Wildman–Crippen MR) is 245 cm³/mol. The molecule has 8 rings (SSSR count). The van der Waals surface area contributed by atoms with Crippen molar-refractivity contribution in [3.63, 3.8) is 0 Å². The van der Waals surface area contributed by atoms with Crippen molar-refractivity contribution < 1.29 is 9.05 Å². The van der Waals surface area contributed by atoms with Gasteiger partial charge in [-0.2, -0.15) is 0 Å². The van der Waals surface area contributed by atoms with Crippen molar-refractivity contribution in [1.82, 2.24) is 11.0 Å². The van der Waals surface area contributed by atoms with Crippen LogP contribution in [0.4, 0.5) is 0 Å². The van der Waals surface area contributed by atoms with Crippen LogP contribution in [0.25, 0.3) is 11.4 Å². The highest BCUT2D eigenvalue weighted by molar-refractivity contribution is 7.07. The largest absolute Gasteiger partial charge is 0.321 e. The van der Waals surface area contributed by atoms with E-state index in [0.717, 1.165) is 53.6 Å². The SMILES string of the molecule is C(C=C(NO[Si](c1ccccc1)(c1ccccc1)c1ccccc1)c1ccccc1)=C(NO[Si](c1ccccc1)(c1ccccc1)c1ccccc1)c1ccccc1. The van der Waals surface area contributed by atoms with Crippen molar-refractivity contribution in [2.24, 2.45) is 0 Å². The zero-order valence-corrected chi connectivity index (χ0v) is 34.1. The fourth-order valence-corrected chi connectivity index (χ4v) is 14.6. The lowest BCUT2D eigenvalue weighted by Crippen LogP contribution is -2.70. The van der Waals surface area contributed by atoms with Gasteiger partial charge in [-0.25, -0.2) is 0 Å². The summed E-state index contributed by atoms with van der Waals surface area (Å²) in [6.45, 7) is 0. The summed E-state index contributed by atoms with van der Waals surface area (Å²) in [5, 5.41) is 6.79. The van der Waals surface area contributed by atoms with Crippen LogP contribution in [0.5, 0.6) is 0 Å². The third-order valence-corrected chi connectivity index (χ3v) is 18.0. The third-order valence-electron chi connectivity index (χ3n) is 10.3. The number of hydrogen-bond donors (Lipinski definition) is 2. The summed E-state index contributed by atoms with van der Waals surface area (Å²) < 4.78 is 14.6. The van der Waals surface area contributed by atoms with Crippen LogP contribution in [-0.4, -0.2) is 16.6 Å². The van der Waals surface area contributed by atoms with Crippen LogP contribution in [0.3, 0.4) is 0 Å². The molecule has 2 N–H and O–H groups in total. The number of hydrogen-bond acceptors (Lipinski definition) is 4. The van der Waals surface area contributed by atoms with E-state index < -0.39 is 16.6 Å². The Morgan fingerprint density at radius 1 is 0.276 bits per heavy atom. The average molecular weight is 785 g/mol. The van der Waals surface area contributed by atoms with Crippen LogP contribution in [0.1, 0.15) is 11.1 Å². The van der Waals surface area contributed by atoms with Gasteiger partial charge in [0.2, 0.25) is 0 Å². The first-order valence-electron chi connectivity index (χ1n) is 19.5. The molecule has 0 unspecified atom stereocenters. The van der Waals surface area contributed by atoms with Crippen LogP contribution in [0.15, 0.2) is 255 Å². The molecule has 0 spiro atoms. The maximum atomic E-state index is 7.28. The fourth-order valence-electron chi connectivity index (χ4n) is 7.43. The quantitative estimate of drug-likeness (QED) is 0.0491. The first-order chi connectivity index (χ1) is 28.8. The van der Waals surface area contributed by atoms with E-state index in [1.165, 1.54) is 0 Å². The summed E-state index contributed by atoms with van der Waals surface area (Å²) in [5.41, 5.74) is 10.6. The zero-order chi connectivity index (χ0) is 39.3. The van der Waals surface area contributed by atoms with Crippen molar-refractivity contribution in [3.8, 4) is 0 Å².